The number of halogens is 1. The van der Waals surface area contributed by atoms with Crippen LogP contribution in [0.2, 0.25) is 5.02 Å². The van der Waals surface area contributed by atoms with Crippen LogP contribution in [0.5, 0.6) is 11.5 Å². The molecule has 0 N–H and O–H groups in total. The topological polar surface area (TPSA) is 102 Å². The second-order valence-electron chi connectivity index (χ2n) is 8.27. The summed E-state index contributed by atoms with van der Waals surface area (Å²) < 4.78 is 44.0. The second kappa shape index (κ2) is 10.4. The second-order valence-corrected chi connectivity index (χ2v) is 10.6. The van der Waals surface area contributed by atoms with Gasteiger partial charge < -0.3 is 19.1 Å². The van der Waals surface area contributed by atoms with Crippen molar-refractivity contribution in [3.8, 4) is 11.5 Å². The van der Waals surface area contributed by atoms with E-state index in [0.29, 0.717) is 43.2 Å². The minimum atomic E-state index is -3.88. The van der Waals surface area contributed by atoms with Gasteiger partial charge in [-0.1, -0.05) is 23.7 Å². The number of carbonyl (C=O) groups excluding carboxylic acids is 2. The zero-order valence-electron chi connectivity index (χ0n) is 19.5. The summed E-state index contributed by atoms with van der Waals surface area (Å²) in [7, 11) is -2.62. The van der Waals surface area contributed by atoms with Crippen molar-refractivity contribution < 1.29 is 32.2 Å². The van der Waals surface area contributed by atoms with Gasteiger partial charge in [0.1, 0.15) is 11.5 Å². The van der Waals surface area contributed by atoms with Crippen LogP contribution in [-0.2, 0) is 24.3 Å². The van der Waals surface area contributed by atoms with Gasteiger partial charge >= 0.3 is 5.97 Å². The zero-order chi connectivity index (χ0) is 25.2. The van der Waals surface area contributed by atoms with E-state index in [1.807, 2.05) is 6.92 Å². The van der Waals surface area contributed by atoms with Crippen molar-refractivity contribution in [1.29, 1.82) is 0 Å². The van der Waals surface area contributed by atoms with E-state index in [-0.39, 0.29) is 28.9 Å². The summed E-state index contributed by atoms with van der Waals surface area (Å²) in [6.07, 6.45) is 0.0812. The van der Waals surface area contributed by atoms with E-state index < -0.39 is 28.0 Å². The fourth-order valence-electron chi connectivity index (χ4n) is 4.34. The maximum Gasteiger partial charge on any atom is 0.348 e. The average molecular weight is 523 g/mol. The number of sulfonamides is 1. The number of nitrogens with zero attached hydrogens (tertiary/aromatic N) is 2. The first kappa shape index (κ1) is 25.3. The number of carbonyl (C=O) groups is 2. The Balaban J connectivity index is 1.56. The van der Waals surface area contributed by atoms with Crippen molar-refractivity contribution in [3.63, 3.8) is 0 Å². The molecule has 1 amide bonds. The van der Waals surface area contributed by atoms with E-state index in [9.17, 15) is 18.0 Å². The summed E-state index contributed by atoms with van der Waals surface area (Å²) in [6.45, 7) is 2.52. The number of hydrogen-bond donors (Lipinski definition) is 0. The molecule has 4 rings (SSSR count). The number of piperidine rings is 1. The Bertz CT molecular complexity index is 1220. The summed E-state index contributed by atoms with van der Waals surface area (Å²) in [6, 6.07) is 11.3. The van der Waals surface area contributed by atoms with Crippen molar-refractivity contribution in [2.75, 3.05) is 38.3 Å². The monoisotopic (exact) mass is 522 g/mol. The largest absolute Gasteiger partial charge is 0.492 e. The van der Waals surface area contributed by atoms with Gasteiger partial charge in [-0.2, -0.15) is 4.31 Å². The number of methoxy groups -OCH3 is 1. The lowest BCUT2D eigenvalue weighted by atomic mass is 9.97. The molecule has 1 fully saturated rings. The van der Waals surface area contributed by atoms with Gasteiger partial charge in [0.15, 0.2) is 0 Å². The molecular weight excluding hydrogens is 496 g/mol. The Hall–Kier alpha value is -2.82. The van der Waals surface area contributed by atoms with E-state index in [1.165, 1.54) is 34.5 Å². The highest BCUT2D eigenvalue weighted by Crippen LogP contribution is 2.36. The molecule has 2 aliphatic heterocycles. The number of ether oxygens (including phenoxy) is 3. The highest BCUT2D eigenvalue weighted by Gasteiger charge is 2.40. The minimum Gasteiger partial charge on any atom is -0.492 e. The first-order chi connectivity index (χ1) is 16.8. The molecule has 1 saturated heterocycles. The maximum absolute atomic E-state index is 13.6. The first-order valence-electron chi connectivity index (χ1n) is 11.3. The third kappa shape index (κ3) is 5.10. The van der Waals surface area contributed by atoms with Crippen LogP contribution in [0.4, 0.5) is 5.69 Å². The molecule has 2 atom stereocenters. The smallest absolute Gasteiger partial charge is 0.348 e. The molecule has 0 saturated carbocycles. The molecule has 2 aromatic carbocycles. The van der Waals surface area contributed by atoms with E-state index in [4.69, 9.17) is 25.8 Å². The van der Waals surface area contributed by atoms with Crippen LogP contribution in [0, 0.1) is 5.92 Å². The average Bonchev–Trinajstić information content (AvgIpc) is 2.88. The van der Waals surface area contributed by atoms with Crippen LogP contribution in [0.15, 0.2) is 47.4 Å². The lowest BCUT2D eigenvalue weighted by Crippen LogP contribution is -2.52. The number of hydrogen-bond acceptors (Lipinski definition) is 7. The Morgan fingerprint density at radius 2 is 1.94 bits per heavy atom. The van der Waals surface area contributed by atoms with E-state index in [0.717, 1.165) is 0 Å². The molecule has 2 aliphatic rings. The third-order valence-electron chi connectivity index (χ3n) is 6.08. The van der Waals surface area contributed by atoms with E-state index >= 15 is 0 Å². The van der Waals surface area contributed by atoms with Gasteiger partial charge in [0, 0.05) is 13.1 Å². The number of amides is 1. The SMILES string of the molecule is CCOc1ccc(S(=O)(=O)N2CCC[C@H](C(=O)N3C[C@@H](C(=O)OC)Oc4ccccc43)C2)cc1Cl. The van der Waals surface area contributed by atoms with Crippen LogP contribution >= 0.6 is 11.6 Å². The number of fused-ring (bicyclic) bond motifs is 1. The van der Waals surface area contributed by atoms with Gasteiger partial charge in [-0.25, -0.2) is 13.2 Å². The minimum absolute atomic E-state index is 0.0136. The van der Waals surface area contributed by atoms with Gasteiger partial charge in [0.2, 0.25) is 22.0 Å². The molecule has 11 heteroatoms. The molecule has 0 radical (unpaired) electrons. The molecule has 9 nitrogen and oxygen atoms in total. The quantitative estimate of drug-likeness (QED) is 0.537. The normalized spacial score (nSPS) is 20.5. The van der Waals surface area contributed by atoms with Crippen molar-refractivity contribution >= 4 is 39.2 Å². The lowest BCUT2D eigenvalue weighted by molar-refractivity contribution is -0.148. The molecule has 0 aliphatic carbocycles. The number of anilines is 1. The van der Waals surface area contributed by atoms with Crippen molar-refractivity contribution in [1.82, 2.24) is 4.31 Å². The van der Waals surface area contributed by atoms with Crippen LogP contribution < -0.4 is 14.4 Å². The van der Waals surface area contributed by atoms with Gasteiger partial charge in [-0.3, -0.25) is 4.79 Å². The van der Waals surface area contributed by atoms with Crippen molar-refractivity contribution in [2.45, 2.75) is 30.8 Å². The van der Waals surface area contributed by atoms with Crippen molar-refractivity contribution in [2.24, 2.45) is 5.92 Å². The number of rotatable bonds is 6. The molecule has 0 unspecified atom stereocenters. The first-order valence-corrected chi connectivity index (χ1v) is 13.2. The predicted molar refractivity (Wildman–Crippen MR) is 129 cm³/mol. The molecule has 188 valence electrons. The van der Waals surface area contributed by atoms with Crippen LogP contribution in [-0.4, -0.2) is 64.1 Å². The fourth-order valence-corrected chi connectivity index (χ4v) is 6.19. The van der Waals surface area contributed by atoms with Gasteiger partial charge in [0.05, 0.1) is 41.8 Å². The number of para-hydroxylation sites is 2. The molecule has 0 aromatic heterocycles. The summed E-state index contributed by atoms with van der Waals surface area (Å²) in [5.41, 5.74) is 0.538. The standard InChI is InChI=1S/C24H27ClN2O7S/c1-3-33-20-11-10-17(13-18(20)25)35(30,31)26-12-6-7-16(14-26)23(28)27-15-22(24(29)32-2)34-21-9-5-4-8-19(21)27/h4-5,8-11,13,16,22H,3,6-7,12,14-15H2,1-2H3/t16-,22-/m0/s1. The molecule has 0 spiro atoms. The summed E-state index contributed by atoms with van der Waals surface area (Å²) in [4.78, 5) is 27.3. The predicted octanol–water partition coefficient (Wildman–Crippen LogP) is 3.11. The summed E-state index contributed by atoms with van der Waals surface area (Å²) in [5, 5.41) is 0.205. The summed E-state index contributed by atoms with van der Waals surface area (Å²) >= 11 is 6.21. The van der Waals surface area contributed by atoms with Crippen LogP contribution in [0.1, 0.15) is 19.8 Å². The Morgan fingerprint density at radius 1 is 1.17 bits per heavy atom. The van der Waals surface area contributed by atoms with Gasteiger partial charge in [0.25, 0.3) is 0 Å². The lowest BCUT2D eigenvalue weighted by Gasteiger charge is -2.38. The van der Waals surface area contributed by atoms with Crippen LogP contribution in [0.25, 0.3) is 0 Å². The molecular formula is C24H27ClN2O7S. The third-order valence-corrected chi connectivity index (χ3v) is 8.23. The molecule has 0 bridgehead atoms. The van der Waals surface area contributed by atoms with E-state index in [2.05, 4.69) is 0 Å². The number of benzene rings is 2. The Kier molecular flexibility index (Phi) is 7.53. The fraction of sp³-hybridized carbons (Fsp3) is 0.417. The Morgan fingerprint density at radius 3 is 2.66 bits per heavy atom. The number of esters is 1. The maximum atomic E-state index is 13.6. The van der Waals surface area contributed by atoms with Gasteiger partial charge in [-0.15, -0.1) is 0 Å². The van der Waals surface area contributed by atoms with Crippen molar-refractivity contribution in [3.05, 3.63) is 47.5 Å². The molecule has 2 heterocycles. The molecule has 35 heavy (non-hydrogen) atoms. The highest BCUT2D eigenvalue weighted by atomic mass is 35.5. The van der Waals surface area contributed by atoms with Gasteiger partial charge in [-0.05, 0) is 50.1 Å². The Labute approximate surface area is 209 Å². The van der Waals surface area contributed by atoms with E-state index in [1.54, 1.807) is 24.3 Å². The van der Waals surface area contributed by atoms with Crippen LogP contribution in [0.3, 0.4) is 0 Å². The highest BCUT2D eigenvalue weighted by molar-refractivity contribution is 7.89. The summed E-state index contributed by atoms with van der Waals surface area (Å²) in [5.74, 6) is -0.629. The molecule has 2 aromatic rings. The zero-order valence-corrected chi connectivity index (χ0v) is 21.0.